The van der Waals surface area contributed by atoms with Crippen molar-refractivity contribution in [3.05, 3.63) is 29.8 Å². The zero-order valence-corrected chi connectivity index (χ0v) is 11.3. The molecule has 0 aliphatic rings. The van der Waals surface area contributed by atoms with Crippen LogP contribution in [0.25, 0.3) is 0 Å². The number of nitrogens with zero attached hydrogens (tertiary/aromatic N) is 1. The third kappa shape index (κ3) is 3.65. The molecule has 0 fully saturated rings. The van der Waals surface area contributed by atoms with Gasteiger partial charge in [0.2, 0.25) is 0 Å². The Morgan fingerprint density at radius 1 is 1.39 bits per heavy atom. The van der Waals surface area contributed by atoms with Gasteiger partial charge >= 0.3 is 0 Å². The molecule has 0 bridgehead atoms. The summed E-state index contributed by atoms with van der Waals surface area (Å²) >= 11 is 0. The molecule has 0 unspecified atom stereocenters. The van der Waals surface area contributed by atoms with Gasteiger partial charge in [-0.3, -0.25) is 0 Å². The van der Waals surface area contributed by atoms with Gasteiger partial charge in [0.05, 0.1) is 6.61 Å². The first-order valence-electron chi connectivity index (χ1n) is 6.20. The van der Waals surface area contributed by atoms with E-state index >= 15 is 0 Å². The Balaban J connectivity index is 2.56. The molecule has 0 saturated heterocycles. The molecule has 1 rings (SSSR count). The van der Waals surface area contributed by atoms with Gasteiger partial charge in [-0.05, 0) is 24.5 Å². The third-order valence-electron chi connectivity index (χ3n) is 3.14. The molecule has 0 saturated carbocycles. The molecule has 0 aliphatic heterocycles. The summed E-state index contributed by atoms with van der Waals surface area (Å²) in [6.45, 7) is 6.50. The quantitative estimate of drug-likeness (QED) is 0.353. The molecule has 100 valence electrons. The molecule has 0 aliphatic carbocycles. The summed E-state index contributed by atoms with van der Waals surface area (Å²) in [5.74, 6) is 1.14. The van der Waals surface area contributed by atoms with E-state index in [-0.39, 0.29) is 11.3 Å². The van der Waals surface area contributed by atoms with Crippen molar-refractivity contribution in [1.82, 2.24) is 0 Å². The van der Waals surface area contributed by atoms with Crippen molar-refractivity contribution in [3.8, 4) is 5.75 Å². The number of hydrogen-bond acceptors (Lipinski definition) is 3. The van der Waals surface area contributed by atoms with Crippen LogP contribution in [0, 0.1) is 5.41 Å². The second-order valence-corrected chi connectivity index (χ2v) is 4.93. The lowest BCUT2D eigenvalue weighted by Crippen LogP contribution is -2.33. The molecule has 0 spiro atoms. The molecule has 0 aromatic heterocycles. The van der Waals surface area contributed by atoms with E-state index in [1.54, 1.807) is 0 Å². The third-order valence-corrected chi connectivity index (χ3v) is 3.14. The van der Waals surface area contributed by atoms with Gasteiger partial charge in [0.1, 0.15) is 11.6 Å². The maximum Gasteiger partial charge on any atom is 0.144 e. The maximum atomic E-state index is 8.69. The molecule has 0 amide bonds. The highest BCUT2D eigenvalue weighted by atomic mass is 16.5. The predicted octanol–water partition coefficient (Wildman–Crippen LogP) is 2.79. The highest BCUT2D eigenvalue weighted by Gasteiger charge is 2.23. The lowest BCUT2D eigenvalue weighted by molar-refractivity contribution is 0.258. The molecule has 0 radical (unpaired) electrons. The number of amidine groups is 1. The van der Waals surface area contributed by atoms with Crippen molar-refractivity contribution in [3.63, 3.8) is 0 Å². The van der Waals surface area contributed by atoms with E-state index in [4.69, 9.17) is 15.7 Å². The topological polar surface area (TPSA) is 67.8 Å². The van der Waals surface area contributed by atoms with E-state index in [2.05, 4.69) is 18.1 Å². The zero-order valence-electron chi connectivity index (χ0n) is 11.3. The fourth-order valence-corrected chi connectivity index (χ4v) is 1.62. The fraction of sp³-hybridized carbons (Fsp3) is 0.500. The van der Waals surface area contributed by atoms with E-state index in [9.17, 15) is 0 Å². The van der Waals surface area contributed by atoms with Crippen molar-refractivity contribution < 1.29 is 9.94 Å². The fourth-order valence-electron chi connectivity index (χ4n) is 1.62. The minimum absolute atomic E-state index is 0.231. The van der Waals surface area contributed by atoms with Crippen LogP contribution in [0.3, 0.4) is 0 Å². The molecular formula is C14H22N2O2. The van der Waals surface area contributed by atoms with Gasteiger partial charge < -0.3 is 15.7 Å². The van der Waals surface area contributed by atoms with Crippen LogP contribution >= 0.6 is 0 Å². The standard InChI is InChI=1S/C14H22N2O2/c1-4-11-7-5-6-8-12(11)18-10-9-14(2,3)13(15)16-17/h5-8,17H,4,9-10H2,1-3H3,(H2,15,16). The average molecular weight is 250 g/mol. The van der Waals surface area contributed by atoms with Crippen LogP contribution in [0.5, 0.6) is 5.75 Å². The second-order valence-electron chi connectivity index (χ2n) is 4.93. The number of benzene rings is 1. The van der Waals surface area contributed by atoms with Crippen LogP contribution in [-0.4, -0.2) is 17.6 Å². The number of oxime groups is 1. The Hall–Kier alpha value is -1.71. The van der Waals surface area contributed by atoms with Crippen molar-refractivity contribution >= 4 is 5.84 Å². The SMILES string of the molecule is CCc1ccccc1OCCC(C)(C)C(N)=NO. The van der Waals surface area contributed by atoms with Gasteiger partial charge in [0, 0.05) is 5.41 Å². The second kappa shape index (κ2) is 6.28. The first-order valence-corrected chi connectivity index (χ1v) is 6.20. The summed E-state index contributed by atoms with van der Waals surface area (Å²) < 4.78 is 5.77. The molecule has 18 heavy (non-hydrogen) atoms. The molecule has 4 nitrogen and oxygen atoms in total. The van der Waals surface area contributed by atoms with Gasteiger partial charge in [-0.1, -0.05) is 44.1 Å². The number of ether oxygens (including phenoxy) is 1. The maximum absolute atomic E-state index is 8.69. The smallest absolute Gasteiger partial charge is 0.144 e. The Labute approximate surface area is 108 Å². The first kappa shape index (κ1) is 14.4. The highest BCUT2D eigenvalue weighted by Crippen LogP contribution is 2.23. The Bertz CT molecular complexity index is 414. The number of rotatable bonds is 6. The van der Waals surface area contributed by atoms with Crippen molar-refractivity contribution in [2.75, 3.05) is 6.61 Å². The minimum Gasteiger partial charge on any atom is -0.493 e. The summed E-state index contributed by atoms with van der Waals surface area (Å²) in [6, 6.07) is 7.99. The lowest BCUT2D eigenvalue weighted by atomic mass is 9.88. The number of nitrogens with two attached hydrogens (primary N) is 1. The number of hydrogen-bond donors (Lipinski definition) is 2. The summed E-state index contributed by atoms with van der Waals surface area (Å²) in [7, 11) is 0. The zero-order chi connectivity index (χ0) is 13.6. The van der Waals surface area contributed by atoms with Crippen LogP contribution in [0.2, 0.25) is 0 Å². The average Bonchev–Trinajstić information content (AvgIpc) is 2.38. The molecular weight excluding hydrogens is 228 g/mol. The molecule has 3 N–H and O–H groups in total. The van der Waals surface area contributed by atoms with Crippen LogP contribution in [0.4, 0.5) is 0 Å². The van der Waals surface area contributed by atoms with Crippen molar-refractivity contribution in [2.45, 2.75) is 33.6 Å². The Morgan fingerprint density at radius 3 is 2.67 bits per heavy atom. The van der Waals surface area contributed by atoms with Crippen LogP contribution in [0.15, 0.2) is 29.4 Å². The summed E-state index contributed by atoms with van der Waals surface area (Å²) in [4.78, 5) is 0. The van der Waals surface area contributed by atoms with Gasteiger partial charge in [0.25, 0.3) is 0 Å². The van der Waals surface area contributed by atoms with Crippen LogP contribution < -0.4 is 10.5 Å². The molecule has 0 atom stereocenters. The van der Waals surface area contributed by atoms with Gasteiger partial charge in [-0.15, -0.1) is 0 Å². The minimum atomic E-state index is -0.365. The molecule has 1 aromatic rings. The van der Waals surface area contributed by atoms with Gasteiger partial charge in [0.15, 0.2) is 0 Å². The van der Waals surface area contributed by atoms with Crippen molar-refractivity contribution in [2.24, 2.45) is 16.3 Å². The summed E-state index contributed by atoms with van der Waals surface area (Å²) in [6.07, 6.45) is 1.64. The first-order chi connectivity index (χ1) is 8.51. The summed E-state index contributed by atoms with van der Waals surface area (Å²) in [5, 5.41) is 11.7. The van der Waals surface area contributed by atoms with E-state index in [0.717, 1.165) is 12.2 Å². The van der Waals surface area contributed by atoms with Crippen molar-refractivity contribution in [1.29, 1.82) is 0 Å². The molecule has 4 heteroatoms. The molecule has 1 aromatic carbocycles. The van der Waals surface area contributed by atoms with Gasteiger partial charge in [-0.25, -0.2) is 0 Å². The predicted molar refractivity (Wildman–Crippen MR) is 73.1 cm³/mol. The van der Waals surface area contributed by atoms with E-state index in [1.165, 1.54) is 5.56 Å². The van der Waals surface area contributed by atoms with Crippen LogP contribution in [0.1, 0.15) is 32.8 Å². The Kier molecular flexibility index (Phi) is 5.01. The van der Waals surface area contributed by atoms with E-state index in [1.807, 2.05) is 32.0 Å². The Morgan fingerprint density at radius 2 is 2.06 bits per heavy atom. The highest BCUT2D eigenvalue weighted by molar-refractivity contribution is 5.85. The van der Waals surface area contributed by atoms with Gasteiger partial charge in [-0.2, -0.15) is 0 Å². The number of para-hydroxylation sites is 1. The van der Waals surface area contributed by atoms with E-state index < -0.39 is 0 Å². The van der Waals surface area contributed by atoms with E-state index in [0.29, 0.717) is 13.0 Å². The molecule has 0 heterocycles. The monoisotopic (exact) mass is 250 g/mol. The summed E-state index contributed by atoms with van der Waals surface area (Å²) in [5.41, 5.74) is 6.46. The normalized spacial score (nSPS) is 12.5. The largest absolute Gasteiger partial charge is 0.493 e. The van der Waals surface area contributed by atoms with Crippen LogP contribution in [-0.2, 0) is 6.42 Å². The number of aryl methyl sites for hydroxylation is 1. The lowest BCUT2D eigenvalue weighted by Gasteiger charge is -2.23.